The topological polar surface area (TPSA) is 47.6 Å². The van der Waals surface area contributed by atoms with Crippen molar-refractivity contribution in [3.8, 4) is 5.75 Å². The molecule has 4 heteroatoms. The fraction of sp³-hybridized carbons (Fsp3) is 0.278. The minimum absolute atomic E-state index is 0.566. The lowest BCUT2D eigenvalue weighted by Gasteiger charge is -2.06. The highest BCUT2D eigenvalue weighted by molar-refractivity contribution is 8.13. The minimum atomic E-state index is 0.566. The summed E-state index contributed by atoms with van der Waals surface area (Å²) in [5.41, 5.74) is 10.6. The molecule has 0 unspecified atom stereocenters. The highest BCUT2D eigenvalue weighted by Gasteiger charge is 1.99. The molecular formula is C18H22N2OS. The molecule has 2 aromatic carbocycles. The maximum Gasteiger partial charge on any atom is 0.159 e. The van der Waals surface area contributed by atoms with Gasteiger partial charge in [0.25, 0.3) is 0 Å². The number of ether oxygens (including phenoxy) is 1. The van der Waals surface area contributed by atoms with E-state index in [0.29, 0.717) is 11.8 Å². The monoisotopic (exact) mass is 314 g/mol. The van der Waals surface area contributed by atoms with Crippen molar-refractivity contribution in [2.24, 2.45) is 10.7 Å². The number of aliphatic imine (C=N–C) groups is 1. The smallest absolute Gasteiger partial charge is 0.159 e. The molecule has 0 saturated heterocycles. The van der Waals surface area contributed by atoms with Crippen molar-refractivity contribution >= 4 is 22.6 Å². The molecule has 2 aromatic rings. The number of aryl methyl sites for hydroxylation is 3. The van der Waals surface area contributed by atoms with Gasteiger partial charge in [-0.3, -0.25) is 0 Å². The van der Waals surface area contributed by atoms with E-state index in [1.165, 1.54) is 28.5 Å². The fourth-order valence-corrected chi connectivity index (χ4v) is 2.44. The van der Waals surface area contributed by atoms with Crippen LogP contribution in [0.3, 0.4) is 0 Å². The zero-order chi connectivity index (χ0) is 15.9. The molecule has 0 atom stereocenters. The van der Waals surface area contributed by atoms with Crippen molar-refractivity contribution in [3.05, 3.63) is 59.2 Å². The summed E-state index contributed by atoms with van der Waals surface area (Å²) in [5, 5.41) is 0.566. The average molecular weight is 314 g/mol. The molecular weight excluding hydrogens is 292 g/mol. The minimum Gasteiger partial charge on any atom is -0.493 e. The molecule has 2 rings (SSSR count). The summed E-state index contributed by atoms with van der Waals surface area (Å²) < 4.78 is 5.67. The first-order valence-corrected chi connectivity index (χ1v) is 8.27. The number of amidine groups is 1. The molecule has 0 amide bonds. The molecule has 0 bridgehead atoms. The molecule has 0 spiro atoms. The van der Waals surface area contributed by atoms with Gasteiger partial charge in [-0.2, -0.15) is 0 Å². The number of hydrogen-bond donors (Lipinski definition) is 1. The number of thioether (sulfide) groups is 1. The Bertz CT molecular complexity index is 651. The van der Waals surface area contributed by atoms with Gasteiger partial charge >= 0.3 is 0 Å². The van der Waals surface area contributed by atoms with Gasteiger partial charge in [0.2, 0.25) is 0 Å². The van der Waals surface area contributed by atoms with Crippen LogP contribution < -0.4 is 10.5 Å². The summed E-state index contributed by atoms with van der Waals surface area (Å²) in [6.45, 7) is 6.83. The summed E-state index contributed by atoms with van der Waals surface area (Å²) in [6.07, 6.45) is 0. The van der Waals surface area contributed by atoms with E-state index in [4.69, 9.17) is 10.5 Å². The third-order valence-corrected chi connectivity index (χ3v) is 4.11. The predicted octanol–water partition coefficient (Wildman–Crippen LogP) is 4.37. The van der Waals surface area contributed by atoms with Crippen LogP contribution in [0, 0.1) is 20.8 Å². The molecule has 116 valence electrons. The van der Waals surface area contributed by atoms with Crippen LogP contribution in [0.5, 0.6) is 5.75 Å². The van der Waals surface area contributed by atoms with Crippen LogP contribution in [-0.2, 0) is 0 Å². The third-order valence-electron chi connectivity index (χ3n) is 3.35. The summed E-state index contributed by atoms with van der Waals surface area (Å²) in [6, 6.07) is 14.1. The van der Waals surface area contributed by atoms with Crippen molar-refractivity contribution < 1.29 is 4.74 Å². The van der Waals surface area contributed by atoms with Gasteiger partial charge in [-0.15, -0.1) is 0 Å². The molecule has 0 radical (unpaired) electrons. The largest absolute Gasteiger partial charge is 0.493 e. The van der Waals surface area contributed by atoms with Crippen molar-refractivity contribution in [1.82, 2.24) is 0 Å². The third kappa shape index (κ3) is 5.11. The fourth-order valence-electron chi connectivity index (χ4n) is 1.89. The van der Waals surface area contributed by atoms with E-state index in [1.54, 1.807) is 0 Å². The van der Waals surface area contributed by atoms with Crippen molar-refractivity contribution in [3.63, 3.8) is 0 Å². The quantitative estimate of drug-likeness (QED) is 0.506. The van der Waals surface area contributed by atoms with E-state index in [0.717, 1.165) is 17.2 Å². The molecule has 22 heavy (non-hydrogen) atoms. The lowest BCUT2D eigenvalue weighted by Crippen LogP contribution is -2.10. The number of rotatable bonds is 5. The number of benzene rings is 2. The lowest BCUT2D eigenvalue weighted by molar-refractivity contribution is 0.344. The second-order valence-corrected chi connectivity index (χ2v) is 6.34. The first-order valence-electron chi connectivity index (χ1n) is 7.28. The van der Waals surface area contributed by atoms with Gasteiger partial charge in [0.05, 0.1) is 12.3 Å². The summed E-state index contributed by atoms with van der Waals surface area (Å²) in [7, 11) is 0. The van der Waals surface area contributed by atoms with E-state index in [1.807, 2.05) is 36.4 Å². The lowest BCUT2D eigenvalue weighted by atomic mass is 10.1. The number of hydrogen-bond acceptors (Lipinski definition) is 3. The molecule has 0 aromatic heterocycles. The van der Waals surface area contributed by atoms with E-state index in [9.17, 15) is 0 Å². The normalized spacial score (nSPS) is 11.5. The molecule has 0 aliphatic rings. The van der Waals surface area contributed by atoms with Gasteiger partial charge < -0.3 is 10.5 Å². The second-order valence-electron chi connectivity index (χ2n) is 5.23. The van der Waals surface area contributed by atoms with Gasteiger partial charge in [0.1, 0.15) is 5.75 Å². The summed E-state index contributed by atoms with van der Waals surface area (Å²) in [5.74, 6) is 1.66. The van der Waals surface area contributed by atoms with Crippen LogP contribution in [0.25, 0.3) is 0 Å². The van der Waals surface area contributed by atoms with Gasteiger partial charge in [-0.05, 0) is 56.2 Å². The highest BCUT2D eigenvalue weighted by atomic mass is 32.2. The van der Waals surface area contributed by atoms with Crippen molar-refractivity contribution in [1.29, 1.82) is 0 Å². The molecule has 3 nitrogen and oxygen atoms in total. The Labute approximate surface area is 136 Å². The van der Waals surface area contributed by atoms with Crippen LogP contribution in [0.2, 0.25) is 0 Å². The van der Waals surface area contributed by atoms with Crippen LogP contribution >= 0.6 is 11.8 Å². The van der Waals surface area contributed by atoms with Crippen LogP contribution in [0.4, 0.5) is 5.69 Å². The molecule has 0 saturated carbocycles. The van der Waals surface area contributed by atoms with Crippen LogP contribution in [0.1, 0.15) is 16.7 Å². The maximum atomic E-state index is 5.95. The SMILES string of the molecule is Cc1ccc(OCCSC(N)=Nc2ccc(C)c(C)c2)cc1. The van der Waals surface area contributed by atoms with Gasteiger partial charge in [0.15, 0.2) is 5.17 Å². The molecule has 2 N–H and O–H groups in total. The number of nitrogens with zero attached hydrogens (tertiary/aromatic N) is 1. The van der Waals surface area contributed by atoms with E-state index < -0.39 is 0 Å². The maximum absolute atomic E-state index is 5.95. The molecule has 0 fully saturated rings. The first kappa shape index (κ1) is 16.4. The van der Waals surface area contributed by atoms with Crippen LogP contribution in [0.15, 0.2) is 47.5 Å². The van der Waals surface area contributed by atoms with Crippen molar-refractivity contribution in [2.75, 3.05) is 12.4 Å². The van der Waals surface area contributed by atoms with Crippen LogP contribution in [-0.4, -0.2) is 17.5 Å². The highest BCUT2D eigenvalue weighted by Crippen LogP contribution is 2.18. The Morgan fingerprint density at radius 2 is 1.77 bits per heavy atom. The Hall–Kier alpha value is -1.94. The standard InChI is InChI=1S/C18H22N2OS/c1-13-4-8-17(9-5-13)21-10-11-22-18(19)20-16-7-6-14(2)15(3)12-16/h4-9,12H,10-11H2,1-3H3,(H2,19,20). The predicted molar refractivity (Wildman–Crippen MR) is 96.3 cm³/mol. The second kappa shape index (κ2) is 7.90. The van der Waals surface area contributed by atoms with E-state index >= 15 is 0 Å². The molecule has 0 aliphatic carbocycles. The zero-order valence-electron chi connectivity index (χ0n) is 13.3. The Morgan fingerprint density at radius 1 is 1.05 bits per heavy atom. The molecule has 0 aliphatic heterocycles. The van der Waals surface area contributed by atoms with Gasteiger partial charge in [0, 0.05) is 5.75 Å². The molecule has 0 heterocycles. The summed E-state index contributed by atoms with van der Waals surface area (Å²) in [4.78, 5) is 4.42. The van der Waals surface area contributed by atoms with Gasteiger partial charge in [-0.25, -0.2) is 4.99 Å². The Morgan fingerprint density at radius 3 is 2.45 bits per heavy atom. The zero-order valence-corrected chi connectivity index (χ0v) is 14.1. The average Bonchev–Trinajstić information content (AvgIpc) is 2.49. The van der Waals surface area contributed by atoms with E-state index in [-0.39, 0.29) is 0 Å². The van der Waals surface area contributed by atoms with Crippen molar-refractivity contribution in [2.45, 2.75) is 20.8 Å². The Kier molecular flexibility index (Phi) is 5.90. The first-order chi connectivity index (χ1) is 10.5. The Balaban J connectivity index is 1.79. The number of nitrogens with two attached hydrogens (primary N) is 1. The summed E-state index contributed by atoms with van der Waals surface area (Å²) >= 11 is 1.51. The van der Waals surface area contributed by atoms with E-state index in [2.05, 4.69) is 31.8 Å². The van der Waals surface area contributed by atoms with Gasteiger partial charge in [-0.1, -0.05) is 35.5 Å².